The highest BCUT2D eigenvalue weighted by Gasteiger charge is 2.17. The second-order valence-electron chi connectivity index (χ2n) is 14.1. The number of carbonyl (C=O) groups excluding carboxylic acids is 1. The molecule has 0 heterocycles. The normalized spacial score (nSPS) is 13.4. The summed E-state index contributed by atoms with van der Waals surface area (Å²) in [5.74, 6) is -0.0676. The van der Waals surface area contributed by atoms with Crippen LogP contribution in [0.4, 0.5) is 0 Å². The predicted octanol–water partition coefficient (Wildman–Crippen LogP) is 12.6. The maximum absolute atomic E-state index is 12.3. The topological polar surface area (TPSA) is 69.6 Å². The molecule has 0 radical (unpaired) electrons. The highest BCUT2D eigenvalue weighted by Crippen LogP contribution is 2.14. The fraction of sp³-hybridized carbons (Fsp3) is 0.837. The number of rotatable bonds is 37. The van der Waals surface area contributed by atoms with Crippen LogP contribution in [0.25, 0.3) is 0 Å². The van der Waals surface area contributed by atoms with E-state index in [1.807, 2.05) is 6.08 Å². The van der Waals surface area contributed by atoms with Gasteiger partial charge in [-0.2, -0.15) is 0 Å². The molecule has 0 saturated heterocycles. The molecule has 0 aromatic rings. The van der Waals surface area contributed by atoms with Crippen LogP contribution in [-0.2, 0) is 4.79 Å². The SMILES string of the molecule is CCCCCCC/C=C\C/C=C\CCCCCCCCCCCCCC(=O)NC(CO)C(O)/C=C/CCCCCCCCCCCC. The summed E-state index contributed by atoms with van der Waals surface area (Å²) in [5.41, 5.74) is 0. The van der Waals surface area contributed by atoms with Gasteiger partial charge in [-0.3, -0.25) is 4.79 Å². The molecule has 47 heavy (non-hydrogen) atoms. The number of hydrogen-bond acceptors (Lipinski definition) is 3. The predicted molar refractivity (Wildman–Crippen MR) is 207 cm³/mol. The van der Waals surface area contributed by atoms with E-state index in [2.05, 4.69) is 43.5 Å². The van der Waals surface area contributed by atoms with Gasteiger partial charge < -0.3 is 15.5 Å². The zero-order chi connectivity index (χ0) is 34.3. The third kappa shape index (κ3) is 35.7. The number of allylic oxidation sites excluding steroid dienone is 5. The minimum Gasteiger partial charge on any atom is -0.394 e. The summed E-state index contributed by atoms with van der Waals surface area (Å²) in [5, 5.41) is 22.9. The van der Waals surface area contributed by atoms with Gasteiger partial charge in [0.15, 0.2) is 0 Å². The molecule has 0 aliphatic carbocycles. The van der Waals surface area contributed by atoms with Crippen LogP contribution in [0, 0.1) is 0 Å². The van der Waals surface area contributed by atoms with Crippen molar-refractivity contribution in [1.82, 2.24) is 5.32 Å². The van der Waals surface area contributed by atoms with Gasteiger partial charge in [0.05, 0.1) is 18.8 Å². The van der Waals surface area contributed by atoms with Crippen LogP contribution in [0.5, 0.6) is 0 Å². The lowest BCUT2D eigenvalue weighted by molar-refractivity contribution is -0.123. The number of aliphatic hydroxyl groups is 2. The molecule has 0 aromatic carbocycles. The number of amides is 1. The van der Waals surface area contributed by atoms with Crippen LogP contribution >= 0.6 is 0 Å². The van der Waals surface area contributed by atoms with Gasteiger partial charge in [0.2, 0.25) is 5.91 Å². The lowest BCUT2D eigenvalue weighted by atomic mass is 10.0. The molecule has 0 aromatic heterocycles. The molecular weight excluding hydrogens is 578 g/mol. The van der Waals surface area contributed by atoms with Gasteiger partial charge in [-0.1, -0.05) is 192 Å². The fourth-order valence-corrected chi connectivity index (χ4v) is 6.15. The number of nitrogens with one attached hydrogen (secondary N) is 1. The molecule has 2 unspecified atom stereocenters. The third-order valence-electron chi connectivity index (χ3n) is 9.37. The van der Waals surface area contributed by atoms with E-state index in [4.69, 9.17) is 0 Å². The average molecular weight is 660 g/mol. The third-order valence-corrected chi connectivity index (χ3v) is 9.37. The summed E-state index contributed by atoms with van der Waals surface area (Å²) in [7, 11) is 0. The Morgan fingerprint density at radius 2 is 0.872 bits per heavy atom. The highest BCUT2D eigenvalue weighted by molar-refractivity contribution is 5.76. The minimum absolute atomic E-state index is 0.0676. The first-order chi connectivity index (χ1) is 23.2. The van der Waals surface area contributed by atoms with Crippen molar-refractivity contribution in [2.75, 3.05) is 6.61 Å². The van der Waals surface area contributed by atoms with E-state index >= 15 is 0 Å². The number of hydrogen-bond donors (Lipinski definition) is 3. The van der Waals surface area contributed by atoms with Crippen molar-refractivity contribution in [2.45, 2.75) is 225 Å². The second kappa shape index (κ2) is 39.1. The molecule has 4 heteroatoms. The van der Waals surface area contributed by atoms with Crippen molar-refractivity contribution in [2.24, 2.45) is 0 Å². The van der Waals surface area contributed by atoms with E-state index in [1.165, 1.54) is 161 Å². The molecular formula is C43H81NO3. The van der Waals surface area contributed by atoms with Crippen LogP contribution in [0.1, 0.15) is 213 Å². The summed E-state index contributed by atoms with van der Waals surface area (Å²) in [6, 6.07) is -0.620. The zero-order valence-corrected chi connectivity index (χ0v) is 31.5. The van der Waals surface area contributed by atoms with Gasteiger partial charge >= 0.3 is 0 Å². The first-order valence-electron chi connectivity index (χ1n) is 20.7. The quantitative estimate of drug-likeness (QED) is 0.0459. The van der Waals surface area contributed by atoms with Crippen LogP contribution < -0.4 is 5.32 Å². The van der Waals surface area contributed by atoms with Crippen molar-refractivity contribution >= 4 is 5.91 Å². The van der Waals surface area contributed by atoms with Gasteiger partial charge in [-0.05, 0) is 51.4 Å². The monoisotopic (exact) mass is 660 g/mol. The lowest BCUT2D eigenvalue weighted by Gasteiger charge is -2.20. The Kier molecular flexibility index (Phi) is 37.9. The van der Waals surface area contributed by atoms with Crippen molar-refractivity contribution in [3.05, 3.63) is 36.5 Å². The van der Waals surface area contributed by atoms with Crippen LogP contribution in [0.15, 0.2) is 36.5 Å². The van der Waals surface area contributed by atoms with Gasteiger partial charge in [-0.15, -0.1) is 0 Å². The Labute approximate surface area is 293 Å². The van der Waals surface area contributed by atoms with Crippen LogP contribution in [-0.4, -0.2) is 34.9 Å². The molecule has 3 N–H and O–H groups in total. The van der Waals surface area contributed by atoms with E-state index in [1.54, 1.807) is 6.08 Å². The smallest absolute Gasteiger partial charge is 0.220 e. The maximum atomic E-state index is 12.3. The van der Waals surface area contributed by atoms with Crippen molar-refractivity contribution in [3.8, 4) is 0 Å². The zero-order valence-electron chi connectivity index (χ0n) is 31.5. The molecule has 276 valence electrons. The van der Waals surface area contributed by atoms with Crippen molar-refractivity contribution < 1.29 is 15.0 Å². The van der Waals surface area contributed by atoms with Gasteiger partial charge in [0, 0.05) is 6.42 Å². The number of carbonyl (C=O) groups is 1. The standard InChI is InChI=1S/C43H81NO3/c1-3-5-7-9-11-13-15-17-18-19-20-21-22-23-24-25-26-27-29-31-33-35-37-39-43(47)44-41(40-45)42(46)38-36-34-32-30-28-16-14-12-10-8-6-4-2/h15,17,19-20,36,38,41-42,45-46H,3-14,16,18,21-35,37,39-40H2,1-2H3,(H,44,47)/b17-15-,20-19-,38-36+. The van der Waals surface area contributed by atoms with E-state index in [-0.39, 0.29) is 12.5 Å². The van der Waals surface area contributed by atoms with E-state index in [9.17, 15) is 15.0 Å². The Morgan fingerprint density at radius 3 is 1.28 bits per heavy atom. The first-order valence-corrected chi connectivity index (χ1v) is 20.7. The second-order valence-corrected chi connectivity index (χ2v) is 14.1. The summed E-state index contributed by atoms with van der Waals surface area (Å²) in [6.07, 6.45) is 51.0. The molecule has 2 atom stereocenters. The lowest BCUT2D eigenvalue weighted by Crippen LogP contribution is -2.45. The molecule has 0 aliphatic heterocycles. The molecule has 4 nitrogen and oxygen atoms in total. The molecule has 0 bridgehead atoms. The molecule has 1 amide bonds. The Hall–Kier alpha value is -1.39. The fourth-order valence-electron chi connectivity index (χ4n) is 6.15. The maximum Gasteiger partial charge on any atom is 0.220 e. The van der Waals surface area contributed by atoms with Gasteiger partial charge in [0.25, 0.3) is 0 Å². The summed E-state index contributed by atoms with van der Waals surface area (Å²) >= 11 is 0. The van der Waals surface area contributed by atoms with Crippen molar-refractivity contribution in [3.63, 3.8) is 0 Å². The number of aliphatic hydroxyl groups excluding tert-OH is 2. The average Bonchev–Trinajstić information content (AvgIpc) is 3.07. The molecule has 0 aliphatic rings. The Balaban J connectivity index is 3.55. The molecule has 0 fully saturated rings. The summed E-state index contributed by atoms with van der Waals surface area (Å²) < 4.78 is 0. The van der Waals surface area contributed by atoms with E-state index in [0.29, 0.717) is 6.42 Å². The van der Waals surface area contributed by atoms with E-state index < -0.39 is 12.1 Å². The Bertz CT molecular complexity index is 716. The summed E-state index contributed by atoms with van der Waals surface area (Å²) in [6.45, 7) is 4.29. The highest BCUT2D eigenvalue weighted by atomic mass is 16.3. The van der Waals surface area contributed by atoms with E-state index in [0.717, 1.165) is 32.1 Å². The molecule has 0 saturated carbocycles. The Morgan fingerprint density at radius 1 is 0.511 bits per heavy atom. The largest absolute Gasteiger partial charge is 0.394 e. The minimum atomic E-state index is -0.837. The van der Waals surface area contributed by atoms with Crippen LogP contribution in [0.3, 0.4) is 0 Å². The van der Waals surface area contributed by atoms with Crippen molar-refractivity contribution in [1.29, 1.82) is 0 Å². The van der Waals surface area contributed by atoms with Gasteiger partial charge in [-0.25, -0.2) is 0 Å². The number of unbranched alkanes of at least 4 members (excludes halogenated alkanes) is 26. The van der Waals surface area contributed by atoms with Gasteiger partial charge in [0.1, 0.15) is 0 Å². The first kappa shape index (κ1) is 45.6. The molecule has 0 rings (SSSR count). The summed E-state index contributed by atoms with van der Waals surface area (Å²) in [4.78, 5) is 12.3. The molecule has 0 spiro atoms. The van der Waals surface area contributed by atoms with Crippen LogP contribution in [0.2, 0.25) is 0 Å².